The summed E-state index contributed by atoms with van der Waals surface area (Å²) >= 11 is 13.8. The number of rotatable bonds is 5. The largest absolute Gasteiger partial charge is 0.497 e. The van der Waals surface area contributed by atoms with Crippen LogP contribution < -0.4 is 14.4 Å². The molecule has 30 heavy (non-hydrogen) atoms. The molecule has 0 unspecified atom stereocenters. The van der Waals surface area contributed by atoms with Crippen LogP contribution in [0.4, 0.5) is 5.69 Å². The van der Waals surface area contributed by atoms with Gasteiger partial charge in [-0.3, -0.25) is 4.99 Å². The Morgan fingerprint density at radius 1 is 1.13 bits per heavy atom. The summed E-state index contributed by atoms with van der Waals surface area (Å²) in [7, 11) is 0.0235. The Bertz CT molecular complexity index is 1110. The molecular formula is C20H20Cl2N2O4S2. The predicted octanol–water partition coefficient (Wildman–Crippen LogP) is 4.29. The lowest BCUT2D eigenvalue weighted by atomic mass is 10.1. The van der Waals surface area contributed by atoms with E-state index in [-0.39, 0.29) is 23.6 Å². The van der Waals surface area contributed by atoms with Crippen molar-refractivity contribution in [1.82, 2.24) is 0 Å². The molecule has 0 saturated carbocycles. The number of sulfone groups is 1. The van der Waals surface area contributed by atoms with Gasteiger partial charge in [0, 0.05) is 21.9 Å². The Morgan fingerprint density at radius 2 is 1.93 bits per heavy atom. The molecule has 2 aliphatic heterocycles. The predicted molar refractivity (Wildman–Crippen MR) is 123 cm³/mol. The maximum Gasteiger partial charge on any atom is 0.164 e. The molecule has 0 bridgehead atoms. The maximum atomic E-state index is 12.3. The molecule has 2 aliphatic rings. The third-order valence-corrected chi connectivity index (χ3v) is 8.43. The molecular weight excluding hydrogens is 467 g/mol. The van der Waals surface area contributed by atoms with Gasteiger partial charge < -0.3 is 14.4 Å². The number of halogens is 2. The number of aliphatic imine (C=N–C) groups is 1. The Kier molecular flexibility index (Phi) is 6.12. The highest BCUT2D eigenvalue weighted by Crippen LogP contribution is 2.42. The van der Waals surface area contributed by atoms with Crippen LogP contribution in [0.3, 0.4) is 0 Å². The van der Waals surface area contributed by atoms with Crippen molar-refractivity contribution in [2.24, 2.45) is 4.99 Å². The van der Waals surface area contributed by atoms with Gasteiger partial charge in [-0.25, -0.2) is 8.42 Å². The van der Waals surface area contributed by atoms with Crippen molar-refractivity contribution in [1.29, 1.82) is 0 Å². The summed E-state index contributed by atoms with van der Waals surface area (Å²) in [5.41, 5.74) is 1.66. The van der Waals surface area contributed by atoms with Crippen LogP contribution in [-0.2, 0) is 15.6 Å². The maximum absolute atomic E-state index is 12.3. The Morgan fingerprint density at radius 3 is 2.63 bits per heavy atom. The van der Waals surface area contributed by atoms with Gasteiger partial charge in [0.25, 0.3) is 0 Å². The fraction of sp³-hybridized carbons (Fsp3) is 0.350. The van der Waals surface area contributed by atoms with Crippen LogP contribution in [0.15, 0.2) is 41.4 Å². The lowest BCUT2D eigenvalue weighted by Crippen LogP contribution is -2.39. The third kappa shape index (κ3) is 4.23. The van der Waals surface area contributed by atoms with Gasteiger partial charge in [0.2, 0.25) is 0 Å². The summed E-state index contributed by atoms with van der Waals surface area (Å²) in [5.74, 6) is 1.95. The molecule has 4 rings (SSSR count). The second kappa shape index (κ2) is 8.49. The molecule has 2 heterocycles. The zero-order chi connectivity index (χ0) is 21.5. The quantitative estimate of drug-likeness (QED) is 0.627. The second-order valence-electron chi connectivity index (χ2n) is 7.06. The van der Waals surface area contributed by atoms with Gasteiger partial charge in [0.05, 0.1) is 43.5 Å². The number of benzene rings is 2. The molecule has 0 aromatic heterocycles. The summed E-state index contributed by atoms with van der Waals surface area (Å²) in [6, 6.07) is 10.3. The van der Waals surface area contributed by atoms with Crippen LogP contribution in [0.25, 0.3) is 0 Å². The summed E-state index contributed by atoms with van der Waals surface area (Å²) in [5, 5.41) is 1.90. The molecule has 0 aliphatic carbocycles. The number of nitrogens with zero attached hydrogens (tertiary/aromatic N) is 2. The molecule has 2 aromatic rings. The van der Waals surface area contributed by atoms with Gasteiger partial charge in [-0.05, 0) is 29.8 Å². The number of hydrogen-bond donors (Lipinski definition) is 0. The summed E-state index contributed by atoms with van der Waals surface area (Å²) < 4.78 is 35.5. The van der Waals surface area contributed by atoms with Gasteiger partial charge in [-0.2, -0.15) is 0 Å². The minimum absolute atomic E-state index is 0.0478. The van der Waals surface area contributed by atoms with E-state index in [4.69, 9.17) is 37.7 Å². The van der Waals surface area contributed by atoms with Crippen LogP contribution in [0, 0.1) is 0 Å². The number of amidine groups is 1. The van der Waals surface area contributed by atoms with Gasteiger partial charge in [0.15, 0.2) is 15.0 Å². The topological polar surface area (TPSA) is 68.2 Å². The SMILES string of the molecule is COc1ccc(OC)c(N2C(SCc3ccc(Cl)cc3Cl)=N[C@H]3CS(=O)(=O)C[C@@H]32)c1. The highest BCUT2D eigenvalue weighted by atomic mass is 35.5. The number of methoxy groups -OCH3 is 2. The Labute approximate surface area is 190 Å². The number of ether oxygens (including phenoxy) is 2. The molecule has 6 nitrogen and oxygen atoms in total. The first-order valence-electron chi connectivity index (χ1n) is 9.17. The van der Waals surface area contributed by atoms with Crippen molar-refractivity contribution < 1.29 is 17.9 Å². The van der Waals surface area contributed by atoms with E-state index in [9.17, 15) is 8.42 Å². The first kappa shape index (κ1) is 21.6. The van der Waals surface area contributed by atoms with Crippen LogP contribution in [0.2, 0.25) is 10.0 Å². The fourth-order valence-corrected chi connectivity index (χ4v) is 7.20. The van der Waals surface area contributed by atoms with E-state index < -0.39 is 9.84 Å². The van der Waals surface area contributed by atoms with Crippen LogP contribution >= 0.6 is 35.0 Å². The number of anilines is 1. The monoisotopic (exact) mass is 486 g/mol. The van der Waals surface area contributed by atoms with E-state index in [0.29, 0.717) is 27.3 Å². The van der Waals surface area contributed by atoms with E-state index in [0.717, 1.165) is 16.4 Å². The smallest absolute Gasteiger partial charge is 0.164 e. The molecule has 1 saturated heterocycles. The van der Waals surface area contributed by atoms with E-state index in [1.54, 1.807) is 32.4 Å². The zero-order valence-corrected chi connectivity index (χ0v) is 19.5. The van der Waals surface area contributed by atoms with Gasteiger partial charge in [-0.1, -0.05) is 41.0 Å². The molecule has 1 fully saturated rings. The van der Waals surface area contributed by atoms with Crippen LogP contribution in [-0.4, -0.2) is 51.4 Å². The second-order valence-corrected chi connectivity index (χ2v) is 11.0. The summed E-state index contributed by atoms with van der Waals surface area (Å²) in [6.07, 6.45) is 0. The highest BCUT2D eigenvalue weighted by molar-refractivity contribution is 8.13. The molecule has 160 valence electrons. The van der Waals surface area contributed by atoms with Crippen molar-refractivity contribution in [3.8, 4) is 11.5 Å². The summed E-state index contributed by atoms with van der Waals surface area (Å²) in [6.45, 7) is 0. The first-order chi connectivity index (χ1) is 14.3. The van der Waals surface area contributed by atoms with Crippen molar-refractivity contribution in [2.45, 2.75) is 17.8 Å². The van der Waals surface area contributed by atoms with Crippen LogP contribution in [0.1, 0.15) is 5.56 Å². The standard InChI is InChI=1S/C20H20Cl2N2O4S2/c1-27-14-5-6-19(28-2)17(8-14)24-18-11-30(25,26)10-16(18)23-20(24)29-9-12-3-4-13(21)7-15(12)22/h3-8,16,18H,9-11H2,1-2H3/t16-,18-/m0/s1. The van der Waals surface area contributed by atoms with Gasteiger partial charge in [-0.15, -0.1) is 0 Å². The van der Waals surface area contributed by atoms with Crippen molar-refractivity contribution >= 4 is 55.7 Å². The van der Waals surface area contributed by atoms with Gasteiger partial charge >= 0.3 is 0 Å². The molecule has 2 aromatic carbocycles. The normalized spacial score (nSPS) is 22.0. The minimum Gasteiger partial charge on any atom is -0.497 e. The fourth-order valence-electron chi connectivity index (χ4n) is 3.68. The van der Waals surface area contributed by atoms with Crippen molar-refractivity contribution in [2.75, 3.05) is 30.6 Å². The molecule has 2 atom stereocenters. The lowest BCUT2D eigenvalue weighted by molar-refractivity contribution is 0.403. The van der Waals surface area contributed by atoms with E-state index in [2.05, 4.69) is 0 Å². The van der Waals surface area contributed by atoms with Gasteiger partial charge in [0.1, 0.15) is 11.5 Å². The number of hydrogen-bond acceptors (Lipinski definition) is 7. The number of thioether (sulfide) groups is 1. The lowest BCUT2D eigenvalue weighted by Gasteiger charge is -2.28. The molecule has 10 heteroatoms. The third-order valence-electron chi connectivity index (χ3n) is 5.12. The van der Waals surface area contributed by atoms with Crippen molar-refractivity contribution in [3.05, 3.63) is 52.0 Å². The zero-order valence-electron chi connectivity index (χ0n) is 16.3. The average molecular weight is 487 g/mol. The molecule has 0 radical (unpaired) electrons. The average Bonchev–Trinajstić information content (AvgIpc) is 3.17. The van der Waals surface area contributed by atoms with Crippen molar-refractivity contribution in [3.63, 3.8) is 0 Å². The Hall–Kier alpha value is -1.61. The van der Waals surface area contributed by atoms with E-state index in [1.807, 2.05) is 23.1 Å². The molecule has 0 N–H and O–H groups in total. The minimum atomic E-state index is -3.15. The molecule has 0 amide bonds. The van der Waals surface area contributed by atoms with E-state index >= 15 is 0 Å². The highest BCUT2D eigenvalue weighted by Gasteiger charge is 2.47. The number of fused-ring (bicyclic) bond motifs is 1. The van der Waals surface area contributed by atoms with E-state index in [1.165, 1.54) is 11.8 Å². The molecule has 0 spiro atoms. The van der Waals surface area contributed by atoms with Crippen LogP contribution in [0.5, 0.6) is 11.5 Å². The Balaban J connectivity index is 1.69. The summed E-state index contributed by atoms with van der Waals surface area (Å²) in [4.78, 5) is 6.72. The first-order valence-corrected chi connectivity index (χ1v) is 12.7.